The summed E-state index contributed by atoms with van der Waals surface area (Å²) in [6, 6.07) is 17.9. The Morgan fingerprint density at radius 3 is 2.42 bits per heavy atom. The number of benzene rings is 2. The summed E-state index contributed by atoms with van der Waals surface area (Å²) in [5.41, 5.74) is 5.55. The molecule has 1 amide bonds. The first-order valence-corrected chi connectivity index (χ1v) is 8.74. The van der Waals surface area contributed by atoms with E-state index in [0.29, 0.717) is 12.1 Å². The van der Waals surface area contributed by atoms with Crippen molar-refractivity contribution in [2.45, 2.75) is 20.8 Å². The second-order valence-corrected chi connectivity index (χ2v) is 6.34. The van der Waals surface area contributed by atoms with Crippen LogP contribution in [0.5, 0.6) is 0 Å². The number of aryl methyl sites for hydroxylation is 2. The molecule has 0 fully saturated rings. The van der Waals surface area contributed by atoms with Crippen molar-refractivity contribution in [3.8, 4) is 0 Å². The van der Waals surface area contributed by atoms with Gasteiger partial charge in [-0.1, -0.05) is 29.8 Å². The minimum Gasteiger partial charge on any atom is -0.354 e. The summed E-state index contributed by atoms with van der Waals surface area (Å²) in [7, 11) is 0. The molecule has 0 unspecified atom stereocenters. The lowest BCUT2D eigenvalue weighted by Gasteiger charge is -2.21. The first-order chi connectivity index (χ1) is 12.6. The highest BCUT2D eigenvalue weighted by molar-refractivity contribution is 6.06. The van der Waals surface area contributed by atoms with E-state index in [0.717, 1.165) is 22.6 Å². The van der Waals surface area contributed by atoms with Crippen LogP contribution >= 0.6 is 0 Å². The van der Waals surface area contributed by atoms with E-state index in [1.807, 2.05) is 68.4 Å². The predicted molar refractivity (Wildman–Crippen MR) is 107 cm³/mol. The summed E-state index contributed by atoms with van der Waals surface area (Å²) in [5.74, 6) is -0.0573. The highest BCUT2D eigenvalue weighted by atomic mass is 16.2. The van der Waals surface area contributed by atoms with E-state index < -0.39 is 0 Å². The number of amides is 1. The average Bonchev–Trinajstić information content (AvgIpc) is 2.64. The molecule has 1 N–H and O–H groups in total. The zero-order valence-corrected chi connectivity index (χ0v) is 15.4. The molecular formula is C22H23N3O. The third-order valence-corrected chi connectivity index (χ3v) is 4.20. The molecule has 0 radical (unpaired) electrons. The van der Waals surface area contributed by atoms with Gasteiger partial charge in [-0.05, 0) is 56.7 Å². The molecule has 26 heavy (non-hydrogen) atoms. The molecule has 0 saturated carbocycles. The van der Waals surface area contributed by atoms with Crippen LogP contribution in [0, 0.1) is 13.8 Å². The van der Waals surface area contributed by atoms with Crippen molar-refractivity contribution >= 4 is 23.0 Å². The van der Waals surface area contributed by atoms with E-state index in [4.69, 9.17) is 0 Å². The maximum atomic E-state index is 13.0. The fraction of sp³-hybridized carbons (Fsp3) is 0.182. The van der Waals surface area contributed by atoms with Crippen molar-refractivity contribution in [3.63, 3.8) is 0 Å². The Hall–Kier alpha value is -3.14. The van der Waals surface area contributed by atoms with E-state index in [1.54, 1.807) is 17.3 Å². The molecule has 1 heterocycles. The number of aromatic nitrogens is 1. The summed E-state index contributed by atoms with van der Waals surface area (Å²) in [5, 5.41) is 3.30. The number of nitrogens with zero attached hydrogens (tertiary/aromatic N) is 2. The average molecular weight is 345 g/mol. The molecule has 0 aliphatic heterocycles. The van der Waals surface area contributed by atoms with Crippen molar-refractivity contribution in [1.82, 2.24) is 4.98 Å². The van der Waals surface area contributed by atoms with Gasteiger partial charge in [0.2, 0.25) is 0 Å². The summed E-state index contributed by atoms with van der Waals surface area (Å²) in [6.07, 6.45) is 3.33. The molecule has 3 aromatic rings. The zero-order chi connectivity index (χ0) is 18.5. The van der Waals surface area contributed by atoms with Crippen LogP contribution < -0.4 is 10.2 Å². The van der Waals surface area contributed by atoms with Crippen LogP contribution in [-0.2, 0) is 0 Å². The van der Waals surface area contributed by atoms with Crippen molar-refractivity contribution in [1.29, 1.82) is 0 Å². The summed E-state index contributed by atoms with van der Waals surface area (Å²) in [4.78, 5) is 19.0. The molecule has 2 aromatic carbocycles. The predicted octanol–water partition coefficient (Wildman–Crippen LogP) is 5.11. The van der Waals surface area contributed by atoms with E-state index in [9.17, 15) is 4.79 Å². The van der Waals surface area contributed by atoms with Crippen LogP contribution in [0.25, 0.3) is 0 Å². The number of hydrogen-bond acceptors (Lipinski definition) is 3. The smallest absolute Gasteiger partial charge is 0.259 e. The van der Waals surface area contributed by atoms with Gasteiger partial charge >= 0.3 is 0 Å². The number of nitrogens with one attached hydrogen (secondary N) is 1. The summed E-state index contributed by atoms with van der Waals surface area (Å²) >= 11 is 0. The first-order valence-electron chi connectivity index (χ1n) is 8.74. The third kappa shape index (κ3) is 4.09. The maximum Gasteiger partial charge on any atom is 0.259 e. The SMILES string of the molecule is CCN(C(=O)c1cncc(Nc2ccc(C)cc2)c1)c1cccc(C)c1. The van der Waals surface area contributed by atoms with Gasteiger partial charge in [-0.2, -0.15) is 0 Å². The highest BCUT2D eigenvalue weighted by Gasteiger charge is 2.17. The second-order valence-electron chi connectivity index (χ2n) is 6.34. The van der Waals surface area contributed by atoms with Crippen LogP contribution in [-0.4, -0.2) is 17.4 Å². The largest absolute Gasteiger partial charge is 0.354 e. The number of hydrogen-bond donors (Lipinski definition) is 1. The minimum absolute atomic E-state index is 0.0573. The Morgan fingerprint density at radius 2 is 1.73 bits per heavy atom. The molecule has 1 aromatic heterocycles. The Kier molecular flexibility index (Phi) is 5.32. The van der Waals surface area contributed by atoms with Crippen LogP contribution in [0.15, 0.2) is 67.0 Å². The lowest BCUT2D eigenvalue weighted by molar-refractivity contribution is 0.0988. The monoisotopic (exact) mass is 345 g/mol. The Morgan fingerprint density at radius 1 is 0.962 bits per heavy atom. The molecule has 0 spiro atoms. The standard InChI is InChI=1S/C22H23N3O/c1-4-25(21-7-5-6-17(3)12-21)22(26)18-13-20(15-23-14-18)24-19-10-8-16(2)9-11-19/h5-15,24H,4H2,1-3H3. The summed E-state index contributed by atoms with van der Waals surface area (Å²) in [6.45, 7) is 6.64. The van der Waals surface area contributed by atoms with Crippen molar-refractivity contribution in [2.24, 2.45) is 0 Å². The summed E-state index contributed by atoms with van der Waals surface area (Å²) < 4.78 is 0. The van der Waals surface area contributed by atoms with Crippen LogP contribution in [0.1, 0.15) is 28.4 Å². The maximum absolute atomic E-state index is 13.0. The van der Waals surface area contributed by atoms with Gasteiger partial charge in [0, 0.05) is 24.1 Å². The van der Waals surface area contributed by atoms with E-state index in [1.165, 1.54) is 5.56 Å². The fourth-order valence-electron chi connectivity index (χ4n) is 2.82. The van der Waals surface area contributed by atoms with Gasteiger partial charge in [-0.25, -0.2) is 0 Å². The molecule has 4 heteroatoms. The molecule has 0 aliphatic carbocycles. The molecular weight excluding hydrogens is 322 g/mol. The van der Waals surface area contributed by atoms with E-state index in [2.05, 4.69) is 17.2 Å². The van der Waals surface area contributed by atoms with E-state index in [-0.39, 0.29) is 5.91 Å². The molecule has 132 valence electrons. The molecule has 0 saturated heterocycles. The molecule has 0 bridgehead atoms. The van der Waals surface area contributed by atoms with Crippen molar-refractivity contribution in [2.75, 3.05) is 16.8 Å². The molecule has 0 atom stereocenters. The minimum atomic E-state index is -0.0573. The number of anilines is 3. The quantitative estimate of drug-likeness (QED) is 0.699. The zero-order valence-electron chi connectivity index (χ0n) is 15.4. The van der Waals surface area contributed by atoms with Gasteiger partial charge in [0.05, 0.1) is 17.4 Å². The van der Waals surface area contributed by atoms with Gasteiger partial charge in [0.25, 0.3) is 5.91 Å². The Bertz CT molecular complexity index is 903. The highest BCUT2D eigenvalue weighted by Crippen LogP contribution is 2.21. The molecule has 0 aliphatic rings. The lowest BCUT2D eigenvalue weighted by atomic mass is 10.1. The topological polar surface area (TPSA) is 45.2 Å². The van der Waals surface area contributed by atoms with E-state index >= 15 is 0 Å². The van der Waals surface area contributed by atoms with Gasteiger partial charge < -0.3 is 10.2 Å². The number of rotatable bonds is 5. The number of carbonyl (C=O) groups is 1. The van der Waals surface area contributed by atoms with Crippen molar-refractivity contribution in [3.05, 3.63) is 83.7 Å². The van der Waals surface area contributed by atoms with Gasteiger partial charge in [0.1, 0.15) is 0 Å². The molecule has 4 nitrogen and oxygen atoms in total. The Labute approximate surface area is 154 Å². The number of pyridine rings is 1. The number of carbonyl (C=O) groups excluding carboxylic acids is 1. The lowest BCUT2D eigenvalue weighted by Crippen LogP contribution is -2.30. The van der Waals surface area contributed by atoms with Crippen LogP contribution in [0.2, 0.25) is 0 Å². The van der Waals surface area contributed by atoms with Crippen molar-refractivity contribution < 1.29 is 4.79 Å². The fourth-order valence-corrected chi connectivity index (χ4v) is 2.82. The second kappa shape index (κ2) is 7.83. The van der Waals surface area contributed by atoms with Crippen LogP contribution in [0.4, 0.5) is 17.1 Å². The van der Waals surface area contributed by atoms with Gasteiger partial charge in [-0.15, -0.1) is 0 Å². The molecule has 3 rings (SSSR count). The third-order valence-electron chi connectivity index (χ3n) is 4.20. The van der Waals surface area contributed by atoms with Crippen LogP contribution in [0.3, 0.4) is 0 Å². The normalized spacial score (nSPS) is 10.4. The first kappa shape index (κ1) is 17.7. The Balaban J connectivity index is 1.84. The van der Waals surface area contributed by atoms with Gasteiger partial charge in [-0.3, -0.25) is 9.78 Å². The van der Waals surface area contributed by atoms with Gasteiger partial charge in [0.15, 0.2) is 0 Å².